The lowest BCUT2D eigenvalue weighted by Gasteiger charge is -2.21. The number of hydrogen-bond acceptors (Lipinski definition) is 3. The van der Waals surface area contributed by atoms with Gasteiger partial charge in [0.1, 0.15) is 0 Å². The first kappa shape index (κ1) is 21.2. The summed E-state index contributed by atoms with van der Waals surface area (Å²) < 4.78 is 4.73. The van der Waals surface area contributed by atoms with Gasteiger partial charge in [-0.15, -0.1) is 0 Å². The lowest BCUT2D eigenvalue weighted by atomic mass is 9.86. The summed E-state index contributed by atoms with van der Waals surface area (Å²) in [4.78, 5) is 11.8. The summed E-state index contributed by atoms with van der Waals surface area (Å²) in [5.41, 5.74) is 3.50. The van der Waals surface area contributed by atoms with Crippen molar-refractivity contribution in [1.82, 2.24) is 5.32 Å². The first-order chi connectivity index (χ1) is 12.6. The highest BCUT2D eigenvalue weighted by Gasteiger charge is 2.15. The van der Waals surface area contributed by atoms with Crippen molar-refractivity contribution < 1.29 is 9.53 Å². The molecule has 0 saturated carbocycles. The molecular formula is C21H25ClN2O2S. The monoisotopic (exact) mass is 404 g/mol. The highest BCUT2D eigenvalue weighted by Crippen LogP contribution is 2.24. The van der Waals surface area contributed by atoms with E-state index in [0.29, 0.717) is 15.8 Å². The Bertz CT molecular complexity index is 829. The van der Waals surface area contributed by atoms with Crippen molar-refractivity contribution in [2.24, 2.45) is 0 Å². The van der Waals surface area contributed by atoms with Gasteiger partial charge >= 0.3 is 5.97 Å². The Morgan fingerprint density at radius 1 is 1.15 bits per heavy atom. The van der Waals surface area contributed by atoms with E-state index in [1.54, 1.807) is 18.2 Å². The molecule has 0 aromatic heterocycles. The smallest absolute Gasteiger partial charge is 0.339 e. The van der Waals surface area contributed by atoms with Gasteiger partial charge < -0.3 is 15.4 Å². The van der Waals surface area contributed by atoms with Gasteiger partial charge in [-0.1, -0.05) is 56.6 Å². The number of nitrogens with one attached hydrogen (secondary N) is 2. The van der Waals surface area contributed by atoms with E-state index in [1.165, 1.54) is 12.7 Å². The molecule has 2 aromatic carbocycles. The highest BCUT2D eigenvalue weighted by atomic mass is 35.5. The third-order valence-corrected chi connectivity index (χ3v) is 4.80. The number of rotatable bonds is 4. The van der Waals surface area contributed by atoms with Gasteiger partial charge in [0.25, 0.3) is 0 Å². The van der Waals surface area contributed by atoms with Crippen molar-refractivity contribution in [2.45, 2.75) is 39.2 Å². The van der Waals surface area contributed by atoms with Crippen LogP contribution < -0.4 is 10.6 Å². The van der Waals surface area contributed by atoms with Crippen LogP contribution in [0.5, 0.6) is 0 Å². The predicted molar refractivity (Wildman–Crippen MR) is 116 cm³/mol. The largest absolute Gasteiger partial charge is 0.465 e. The Morgan fingerprint density at radius 2 is 1.78 bits per heavy atom. The van der Waals surface area contributed by atoms with Gasteiger partial charge in [0.2, 0.25) is 0 Å². The van der Waals surface area contributed by atoms with Crippen LogP contribution in [-0.2, 0) is 10.2 Å². The third kappa shape index (κ3) is 5.68. The summed E-state index contributed by atoms with van der Waals surface area (Å²) in [5, 5.41) is 7.12. The van der Waals surface area contributed by atoms with Gasteiger partial charge in [0, 0.05) is 5.69 Å². The van der Waals surface area contributed by atoms with E-state index in [4.69, 9.17) is 28.6 Å². The molecule has 0 spiro atoms. The van der Waals surface area contributed by atoms with Crippen LogP contribution in [0.25, 0.3) is 0 Å². The molecular weight excluding hydrogens is 380 g/mol. The van der Waals surface area contributed by atoms with Crippen molar-refractivity contribution in [1.29, 1.82) is 0 Å². The van der Waals surface area contributed by atoms with Gasteiger partial charge in [-0.2, -0.15) is 0 Å². The summed E-state index contributed by atoms with van der Waals surface area (Å²) in [6.07, 6.45) is 0. The van der Waals surface area contributed by atoms with Crippen LogP contribution >= 0.6 is 23.8 Å². The molecule has 2 aromatic rings. The van der Waals surface area contributed by atoms with Crippen LogP contribution in [0.2, 0.25) is 5.02 Å². The Hall–Kier alpha value is -2.11. The summed E-state index contributed by atoms with van der Waals surface area (Å²) >= 11 is 11.4. The molecule has 2 rings (SSSR count). The number of benzene rings is 2. The molecule has 0 aliphatic heterocycles. The molecule has 0 amide bonds. The van der Waals surface area contributed by atoms with Crippen LogP contribution in [0, 0.1) is 0 Å². The normalized spacial score (nSPS) is 12.2. The fourth-order valence-corrected chi connectivity index (χ4v) is 3.08. The molecule has 0 aliphatic rings. The first-order valence-electron chi connectivity index (χ1n) is 8.67. The zero-order chi connectivity index (χ0) is 20.2. The average Bonchev–Trinajstić information content (AvgIpc) is 2.62. The molecule has 0 aliphatic carbocycles. The number of esters is 1. The lowest BCUT2D eigenvalue weighted by Crippen LogP contribution is -2.31. The zero-order valence-electron chi connectivity index (χ0n) is 16.2. The third-order valence-electron chi connectivity index (χ3n) is 4.25. The van der Waals surface area contributed by atoms with Gasteiger partial charge in [-0.3, -0.25) is 0 Å². The summed E-state index contributed by atoms with van der Waals surface area (Å²) in [5.74, 6) is -0.491. The minimum Gasteiger partial charge on any atom is -0.465 e. The summed E-state index contributed by atoms with van der Waals surface area (Å²) in [6.45, 7) is 8.62. The van der Waals surface area contributed by atoms with E-state index in [2.05, 4.69) is 55.7 Å². The van der Waals surface area contributed by atoms with Crippen LogP contribution in [0.4, 0.5) is 5.69 Å². The number of methoxy groups -OCH3 is 1. The highest BCUT2D eigenvalue weighted by molar-refractivity contribution is 7.80. The van der Waals surface area contributed by atoms with Crippen molar-refractivity contribution in [3.8, 4) is 0 Å². The van der Waals surface area contributed by atoms with E-state index >= 15 is 0 Å². The number of thiocarbonyl (C=S) groups is 1. The Morgan fingerprint density at radius 3 is 2.33 bits per heavy atom. The topological polar surface area (TPSA) is 50.4 Å². The minimum absolute atomic E-state index is 0.0337. The molecule has 0 radical (unpaired) electrons. The first-order valence-corrected chi connectivity index (χ1v) is 9.46. The number of carbonyl (C=O) groups excluding carboxylic acids is 1. The SMILES string of the molecule is COC(=O)c1cc(NC(=S)N[C@@H](C)c2ccc(C(C)(C)C)cc2)ccc1Cl. The number of carbonyl (C=O) groups is 1. The predicted octanol–water partition coefficient (Wildman–Crippen LogP) is 5.47. The molecule has 0 unspecified atom stereocenters. The van der Waals surface area contributed by atoms with Gasteiger partial charge in [-0.25, -0.2) is 4.79 Å². The molecule has 0 bridgehead atoms. The molecule has 27 heavy (non-hydrogen) atoms. The summed E-state index contributed by atoms with van der Waals surface area (Å²) in [6, 6.07) is 13.5. The lowest BCUT2D eigenvalue weighted by molar-refractivity contribution is 0.0601. The van der Waals surface area contributed by atoms with E-state index < -0.39 is 5.97 Å². The van der Waals surface area contributed by atoms with Crippen molar-refractivity contribution >= 4 is 40.6 Å². The number of ether oxygens (including phenoxy) is 1. The van der Waals surface area contributed by atoms with E-state index in [1.807, 2.05) is 6.92 Å². The zero-order valence-corrected chi connectivity index (χ0v) is 17.8. The minimum atomic E-state index is -0.491. The molecule has 4 nitrogen and oxygen atoms in total. The van der Waals surface area contributed by atoms with Crippen LogP contribution in [-0.4, -0.2) is 18.2 Å². The molecule has 1 atom stereocenters. The maximum Gasteiger partial charge on any atom is 0.339 e. The standard InChI is InChI=1S/C21H25ClN2O2S/c1-13(14-6-8-15(9-7-14)21(2,3)4)23-20(27)24-16-10-11-18(22)17(12-16)19(25)26-5/h6-13H,1-5H3,(H2,23,24,27)/t13-/m0/s1. The fraction of sp³-hybridized carbons (Fsp3) is 0.333. The number of halogens is 1. The van der Waals surface area contributed by atoms with Gasteiger partial charge in [0.15, 0.2) is 5.11 Å². The second kappa shape index (κ2) is 8.72. The van der Waals surface area contributed by atoms with Crippen LogP contribution in [0.3, 0.4) is 0 Å². The van der Waals surface area contributed by atoms with Crippen molar-refractivity contribution in [3.63, 3.8) is 0 Å². The van der Waals surface area contributed by atoms with Crippen LogP contribution in [0.1, 0.15) is 55.2 Å². The molecule has 0 saturated heterocycles. The number of anilines is 1. The second-order valence-corrected chi connectivity index (χ2v) is 8.19. The molecule has 0 heterocycles. The maximum absolute atomic E-state index is 11.8. The van der Waals surface area contributed by atoms with E-state index in [0.717, 1.165) is 5.56 Å². The fourth-order valence-electron chi connectivity index (χ4n) is 2.59. The van der Waals surface area contributed by atoms with E-state index in [9.17, 15) is 4.79 Å². The Labute approximate surface area is 171 Å². The number of hydrogen-bond donors (Lipinski definition) is 2. The van der Waals surface area contributed by atoms with Crippen molar-refractivity contribution in [3.05, 3.63) is 64.2 Å². The maximum atomic E-state index is 11.8. The quantitative estimate of drug-likeness (QED) is 0.522. The molecule has 144 valence electrons. The molecule has 6 heteroatoms. The Kier molecular flexibility index (Phi) is 6.84. The van der Waals surface area contributed by atoms with Crippen molar-refractivity contribution in [2.75, 3.05) is 12.4 Å². The van der Waals surface area contributed by atoms with E-state index in [-0.39, 0.29) is 17.0 Å². The molecule has 0 fully saturated rings. The van der Waals surface area contributed by atoms with Crippen LogP contribution in [0.15, 0.2) is 42.5 Å². The van der Waals surface area contributed by atoms with Gasteiger partial charge in [-0.05, 0) is 53.9 Å². The summed E-state index contributed by atoms with van der Waals surface area (Å²) in [7, 11) is 1.32. The Balaban J connectivity index is 2.04. The molecule has 2 N–H and O–H groups in total. The average molecular weight is 405 g/mol. The van der Waals surface area contributed by atoms with Gasteiger partial charge in [0.05, 0.1) is 23.7 Å². The second-order valence-electron chi connectivity index (χ2n) is 7.38.